The van der Waals surface area contributed by atoms with E-state index < -0.39 is 32.4 Å². The highest BCUT2D eigenvalue weighted by molar-refractivity contribution is 7.89. The molecule has 0 atom stereocenters. The van der Waals surface area contributed by atoms with Gasteiger partial charge in [-0.25, -0.2) is 8.42 Å². The van der Waals surface area contributed by atoms with E-state index in [1.54, 1.807) is 4.90 Å². The molecule has 10 heteroatoms. The van der Waals surface area contributed by atoms with Crippen molar-refractivity contribution in [3.63, 3.8) is 0 Å². The number of hydrogen-bond donors (Lipinski definition) is 0. The van der Waals surface area contributed by atoms with Crippen LogP contribution in [0.25, 0.3) is 6.08 Å². The van der Waals surface area contributed by atoms with Gasteiger partial charge in [0.25, 0.3) is 0 Å². The van der Waals surface area contributed by atoms with Crippen molar-refractivity contribution in [1.29, 1.82) is 0 Å². The number of anilines is 1. The molecular weight excluding hydrogens is 493 g/mol. The van der Waals surface area contributed by atoms with Crippen LogP contribution in [-0.4, -0.2) is 44.6 Å². The zero-order chi connectivity index (χ0) is 25.6. The molecule has 192 valence electrons. The molecule has 1 amide bonds. The van der Waals surface area contributed by atoms with E-state index in [0.717, 1.165) is 27.7 Å². The summed E-state index contributed by atoms with van der Waals surface area (Å²) in [6.07, 6.45) is 3.01. The first-order valence-corrected chi connectivity index (χ1v) is 13.5. The third-order valence-corrected chi connectivity index (χ3v) is 9.21. The lowest BCUT2D eigenvalue weighted by molar-refractivity contribution is -0.275. The number of hydrogen-bond acceptors (Lipinski definition) is 4. The van der Waals surface area contributed by atoms with Crippen LogP contribution in [0.3, 0.4) is 0 Å². The number of amides is 1. The first-order chi connectivity index (χ1) is 17.1. The van der Waals surface area contributed by atoms with Crippen molar-refractivity contribution < 1.29 is 31.1 Å². The molecule has 6 nitrogen and oxygen atoms in total. The number of alkyl halides is 3. The second-order valence-corrected chi connectivity index (χ2v) is 11.6. The Labute approximate surface area is 208 Å². The van der Waals surface area contributed by atoms with Gasteiger partial charge in [-0.3, -0.25) is 4.79 Å². The molecule has 2 saturated heterocycles. The number of carbonyl (C=O) groups is 1. The zero-order valence-corrected chi connectivity index (χ0v) is 20.4. The van der Waals surface area contributed by atoms with Gasteiger partial charge in [0.05, 0.1) is 5.41 Å². The lowest BCUT2D eigenvalue weighted by Crippen LogP contribution is -2.46. The van der Waals surface area contributed by atoms with E-state index in [0.29, 0.717) is 31.7 Å². The number of piperidine rings is 1. The van der Waals surface area contributed by atoms with Crippen molar-refractivity contribution in [2.24, 2.45) is 11.3 Å². The van der Waals surface area contributed by atoms with Crippen LogP contribution < -0.4 is 9.64 Å². The summed E-state index contributed by atoms with van der Waals surface area (Å²) >= 11 is 0. The van der Waals surface area contributed by atoms with Gasteiger partial charge in [0, 0.05) is 25.3 Å². The standard InChI is InChI=1S/C26H27F3N2O4S/c27-26(28,29)35-22-3-1-2-4-23(22)36(33,34)30-16-13-25(14-17-30)15-18-31(24(25)32)21-11-9-20(10-12-21)8-7-19-5-6-19/h1-4,7-12,19H,5-6,13-18H2. The molecule has 1 spiro atoms. The Kier molecular flexibility index (Phi) is 6.36. The van der Waals surface area contributed by atoms with Crippen LogP contribution >= 0.6 is 0 Å². The average Bonchev–Trinajstić information content (AvgIpc) is 3.62. The molecule has 0 unspecified atom stereocenters. The quantitative estimate of drug-likeness (QED) is 0.524. The Bertz CT molecular complexity index is 1260. The summed E-state index contributed by atoms with van der Waals surface area (Å²) in [5.74, 6) is -0.101. The van der Waals surface area contributed by atoms with Crippen LogP contribution in [-0.2, 0) is 14.8 Å². The molecule has 3 fully saturated rings. The number of para-hydroxylation sites is 1. The molecule has 0 radical (unpaired) electrons. The van der Waals surface area contributed by atoms with Gasteiger partial charge in [-0.1, -0.05) is 36.4 Å². The number of ether oxygens (including phenoxy) is 1. The van der Waals surface area contributed by atoms with Crippen LogP contribution in [0.15, 0.2) is 59.5 Å². The molecule has 3 aliphatic rings. The van der Waals surface area contributed by atoms with E-state index in [4.69, 9.17) is 0 Å². The van der Waals surface area contributed by atoms with Gasteiger partial charge in [0.15, 0.2) is 0 Å². The normalized spacial score (nSPS) is 21.0. The van der Waals surface area contributed by atoms with Crippen molar-refractivity contribution in [3.8, 4) is 5.75 Å². The lowest BCUT2D eigenvalue weighted by atomic mass is 9.77. The van der Waals surface area contributed by atoms with Crippen molar-refractivity contribution in [2.75, 3.05) is 24.5 Å². The molecule has 0 aromatic heterocycles. The highest BCUT2D eigenvalue weighted by Gasteiger charge is 2.50. The Hall–Kier alpha value is -2.85. The summed E-state index contributed by atoms with van der Waals surface area (Å²) in [4.78, 5) is 14.6. The van der Waals surface area contributed by atoms with Crippen LogP contribution in [0, 0.1) is 11.3 Å². The van der Waals surface area contributed by atoms with Gasteiger partial charge in [-0.2, -0.15) is 4.31 Å². The summed E-state index contributed by atoms with van der Waals surface area (Å²) in [7, 11) is -4.23. The summed E-state index contributed by atoms with van der Waals surface area (Å²) in [5, 5.41) is 0. The molecule has 1 aliphatic carbocycles. The van der Waals surface area contributed by atoms with Crippen molar-refractivity contribution >= 4 is 27.7 Å². The minimum atomic E-state index is -5.01. The predicted molar refractivity (Wildman–Crippen MR) is 129 cm³/mol. The van der Waals surface area contributed by atoms with Crippen molar-refractivity contribution in [1.82, 2.24) is 4.31 Å². The summed E-state index contributed by atoms with van der Waals surface area (Å²) < 4.78 is 69.8. The third-order valence-electron chi connectivity index (χ3n) is 7.27. The number of allylic oxidation sites excluding steroid dienone is 1. The lowest BCUT2D eigenvalue weighted by Gasteiger charge is -2.37. The predicted octanol–water partition coefficient (Wildman–Crippen LogP) is 5.22. The fraction of sp³-hybridized carbons (Fsp3) is 0.423. The van der Waals surface area contributed by atoms with Crippen molar-refractivity contribution in [2.45, 2.75) is 43.4 Å². The number of carbonyl (C=O) groups excluding carboxylic acids is 1. The Morgan fingerprint density at radius 1 is 0.944 bits per heavy atom. The fourth-order valence-corrected chi connectivity index (χ4v) is 6.55. The molecule has 2 aromatic carbocycles. The first kappa shape index (κ1) is 24.8. The van der Waals surface area contributed by atoms with Gasteiger partial charge in [-0.15, -0.1) is 13.2 Å². The monoisotopic (exact) mass is 520 g/mol. The number of nitrogens with zero attached hydrogens (tertiary/aromatic N) is 2. The van der Waals surface area contributed by atoms with E-state index in [2.05, 4.69) is 16.9 Å². The highest BCUT2D eigenvalue weighted by atomic mass is 32.2. The highest BCUT2D eigenvalue weighted by Crippen LogP contribution is 2.44. The largest absolute Gasteiger partial charge is 0.573 e. The third kappa shape index (κ3) is 5.01. The fourth-order valence-electron chi connectivity index (χ4n) is 5.00. The van der Waals surface area contributed by atoms with E-state index in [-0.39, 0.29) is 19.0 Å². The topological polar surface area (TPSA) is 66.9 Å². The molecule has 0 bridgehead atoms. The molecule has 0 N–H and O–H groups in total. The minimum Gasteiger partial charge on any atom is -0.404 e. The maximum absolute atomic E-state index is 13.4. The van der Waals surface area contributed by atoms with E-state index in [9.17, 15) is 26.4 Å². The molecular formula is C26H27F3N2O4S. The number of sulfonamides is 1. The Balaban J connectivity index is 1.27. The summed E-state index contributed by atoms with van der Waals surface area (Å²) in [6, 6.07) is 12.6. The smallest absolute Gasteiger partial charge is 0.404 e. The van der Waals surface area contributed by atoms with Crippen LogP contribution in [0.2, 0.25) is 0 Å². The molecule has 2 heterocycles. The zero-order valence-electron chi connectivity index (χ0n) is 19.6. The Morgan fingerprint density at radius 3 is 2.22 bits per heavy atom. The molecule has 2 aromatic rings. The SMILES string of the molecule is O=C1N(c2ccc(C=CC3CC3)cc2)CCC12CCN(S(=O)(=O)c1ccccc1OC(F)(F)F)CC2. The average molecular weight is 521 g/mol. The summed E-state index contributed by atoms with van der Waals surface area (Å²) in [5.41, 5.74) is 1.23. The molecule has 5 rings (SSSR count). The van der Waals surface area contributed by atoms with Gasteiger partial charge in [0.1, 0.15) is 10.6 Å². The van der Waals surface area contributed by atoms with Gasteiger partial charge < -0.3 is 9.64 Å². The molecule has 1 saturated carbocycles. The van der Waals surface area contributed by atoms with Crippen LogP contribution in [0.4, 0.5) is 18.9 Å². The summed E-state index contributed by atoms with van der Waals surface area (Å²) in [6.45, 7) is 0.644. The van der Waals surface area contributed by atoms with E-state index in [1.165, 1.54) is 25.0 Å². The van der Waals surface area contributed by atoms with Crippen LogP contribution in [0.5, 0.6) is 5.75 Å². The number of benzene rings is 2. The van der Waals surface area contributed by atoms with Crippen LogP contribution in [0.1, 0.15) is 37.7 Å². The second kappa shape index (κ2) is 9.23. The first-order valence-electron chi connectivity index (χ1n) is 12.0. The van der Waals surface area contributed by atoms with E-state index in [1.807, 2.05) is 24.3 Å². The van der Waals surface area contributed by atoms with E-state index >= 15 is 0 Å². The maximum Gasteiger partial charge on any atom is 0.573 e. The molecule has 2 aliphatic heterocycles. The number of rotatable bonds is 6. The van der Waals surface area contributed by atoms with Crippen molar-refractivity contribution in [3.05, 3.63) is 60.2 Å². The minimum absolute atomic E-state index is 0.0263. The molecule has 36 heavy (non-hydrogen) atoms. The van der Waals surface area contributed by atoms with Gasteiger partial charge >= 0.3 is 6.36 Å². The van der Waals surface area contributed by atoms with Gasteiger partial charge in [0.2, 0.25) is 15.9 Å². The Morgan fingerprint density at radius 2 is 1.58 bits per heavy atom. The van der Waals surface area contributed by atoms with Gasteiger partial charge in [-0.05, 0) is 67.9 Å². The maximum atomic E-state index is 13.4. The second-order valence-electron chi connectivity index (χ2n) is 9.67. The number of halogens is 3.